The van der Waals surface area contributed by atoms with E-state index in [0.717, 1.165) is 22.1 Å². The Morgan fingerprint density at radius 3 is 2.61 bits per heavy atom. The van der Waals surface area contributed by atoms with Crippen molar-refractivity contribution in [3.05, 3.63) is 91.5 Å². The molecule has 0 saturated heterocycles. The zero-order chi connectivity index (χ0) is 23.6. The highest BCUT2D eigenvalue weighted by molar-refractivity contribution is 7.93. The molecule has 4 rings (SSSR count). The number of hydrogen-bond donors (Lipinski definition) is 3. The van der Waals surface area contributed by atoms with Crippen LogP contribution < -0.4 is 16.0 Å². The highest BCUT2D eigenvalue weighted by Gasteiger charge is 2.16. The van der Waals surface area contributed by atoms with Crippen LogP contribution >= 0.6 is 22.9 Å². The second kappa shape index (κ2) is 9.02. The molecule has 2 heterocycles. The molecule has 2 aromatic heterocycles. The van der Waals surface area contributed by atoms with Gasteiger partial charge < -0.3 is 5.11 Å². The maximum Gasteiger partial charge on any atom is 0.335 e. The minimum Gasteiger partial charge on any atom is -0.493 e. The molecular formula is C20H14ClN5O5S2. The molecular weight excluding hydrogens is 490 g/mol. The van der Waals surface area contributed by atoms with Gasteiger partial charge in [0.05, 0.1) is 16.3 Å². The van der Waals surface area contributed by atoms with Crippen molar-refractivity contribution < 1.29 is 13.5 Å². The number of benzene rings is 2. The molecule has 13 heteroatoms. The largest absolute Gasteiger partial charge is 0.493 e. The fraction of sp³-hybridized carbons (Fsp3) is 0. The average molecular weight is 504 g/mol. The van der Waals surface area contributed by atoms with Gasteiger partial charge in [0.2, 0.25) is 5.88 Å². The van der Waals surface area contributed by atoms with Crippen molar-refractivity contribution in [1.29, 1.82) is 0 Å². The summed E-state index contributed by atoms with van der Waals surface area (Å²) in [6.45, 7) is 0. The van der Waals surface area contributed by atoms with E-state index >= 15 is 0 Å². The van der Waals surface area contributed by atoms with E-state index in [4.69, 9.17) is 11.6 Å². The van der Waals surface area contributed by atoms with Crippen LogP contribution in [0.15, 0.2) is 79.6 Å². The molecule has 0 atom stereocenters. The van der Waals surface area contributed by atoms with Gasteiger partial charge in [-0.3, -0.25) is 19.5 Å². The van der Waals surface area contributed by atoms with Gasteiger partial charge in [-0.15, -0.1) is 11.3 Å². The zero-order valence-electron chi connectivity index (χ0n) is 16.5. The Kier molecular flexibility index (Phi) is 6.14. The normalized spacial score (nSPS) is 11.7. The number of thiazole rings is 1. The van der Waals surface area contributed by atoms with Gasteiger partial charge >= 0.3 is 5.69 Å². The van der Waals surface area contributed by atoms with E-state index in [1.54, 1.807) is 17.5 Å². The Labute approximate surface area is 195 Å². The lowest BCUT2D eigenvalue weighted by Crippen LogP contribution is -2.31. The van der Waals surface area contributed by atoms with E-state index in [1.165, 1.54) is 42.6 Å². The van der Waals surface area contributed by atoms with Crippen LogP contribution in [-0.2, 0) is 10.0 Å². The minimum atomic E-state index is -3.82. The van der Waals surface area contributed by atoms with Crippen molar-refractivity contribution in [2.24, 2.45) is 4.99 Å². The third-order valence-corrected chi connectivity index (χ3v) is 6.74. The summed E-state index contributed by atoms with van der Waals surface area (Å²) >= 11 is 7.10. The molecule has 0 aliphatic carbocycles. The fourth-order valence-corrected chi connectivity index (χ4v) is 4.78. The van der Waals surface area contributed by atoms with Crippen molar-refractivity contribution in [1.82, 2.24) is 14.5 Å². The Morgan fingerprint density at radius 2 is 1.94 bits per heavy atom. The third kappa shape index (κ3) is 4.87. The van der Waals surface area contributed by atoms with Gasteiger partial charge in [-0.05, 0) is 42.5 Å². The number of hydrogen-bond acceptors (Lipinski definition) is 8. The highest BCUT2D eigenvalue weighted by Crippen LogP contribution is 2.22. The lowest BCUT2D eigenvalue weighted by Gasteiger charge is -2.09. The number of sulfonamides is 1. The highest BCUT2D eigenvalue weighted by atomic mass is 35.5. The fourth-order valence-electron chi connectivity index (χ4n) is 2.81. The molecule has 0 aliphatic heterocycles. The van der Waals surface area contributed by atoms with Crippen LogP contribution in [0.1, 0.15) is 5.56 Å². The predicted octanol–water partition coefficient (Wildman–Crippen LogP) is 2.89. The molecule has 33 heavy (non-hydrogen) atoms. The zero-order valence-corrected chi connectivity index (χ0v) is 18.9. The summed E-state index contributed by atoms with van der Waals surface area (Å²) in [5, 5.41) is 12.8. The number of anilines is 1. The molecule has 0 spiro atoms. The Balaban J connectivity index is 1.64. The predicted molar refractivity (Wildman–Crippen MR) is 126 cm³/mol. The summed E-state index contributed by atoms with van der Waals surface area (Å²) in [5.74, 6) is -0.624. The SMILES string of the molecule is O=c1[nH]c(=O)n(-c2cccc(Cl)c2)c(O)c1C=Nc1ccc(S(=O)(=O)Nc2nccs2)cc1. The molecule has 0 bridgehead atoms. The number of aliphatic imine (C=N–C) groups is 1. The first kappa shape index (κ1) is 22.5. The molecule has 0 amide bonds. The second-order valence-electron chi connectivity index (χ2n) is 6.51. The van der Waals surface area contributed by atoms with Crippen LogP contribution in [0.2, 0.25) is 5.02 Å². The second-order valence-corrected chi connectivity index (χ2v) is 9.52. The number of halogens is 1. The van der Waals surface area contributed by atoms with Crippen molar-refractivity contribution in [3.8, 4) is 11.6 Å². The quantitative estimate of drug-likeness (QED) is 0.345. The van der Waals surface area contributed by atoms with E-state index in [0.29, 0.717) is 10.7 Å². The first-order chi connectivity index (χ1) is 15.7. The number of nitrogens with zero attached hydrogens (tertiary/aromatic N) is 3. The maximum absolute atomic E-state index is 12.4. The van der Waals surface area contributed by atoms with E-state index in [1.807, 2.05) is 0 Å². The number of aromatic amines is 1. The number of H-pyrrole nitrogens is 1. The first-order valence-electron chi connectivity index (χ1n) is 9.15. The molecule has 2 aromatic carbocycles. The standard InChI is InChI=1S/C20H14ClN5O5S2/c21-12-2-1-3-14(10-12)26-18(28)16(17(27)24-20(26)29)11-23-13-4-6-15(7-5-13)33(30,31)25-19-22-8-9-32-19/h1-11,28H,(H,22,25)(H,24,27,29). The Morgan fingerprint density at radius 1 is 1.18 bits per heavy atom. The van der Waals surface area contributed by atoms with Gasteiger partial charge in [-0.1, -0.05) is 17.7 Å². The van der Waals surface area contributed by atoms with Crippen LogP contribution in [-0.4, -0.2) is 34.3 Å². The van der Waals surface area contributed by atoms with Gasteiger partial charge in [-0.25, -0.2) is 22.8 Å². The van der Waals surface area contributed by atoms with Crippen molar-refractivity contribution in [3.63, 3.8) is 0 Å². The smallest absolute Gasteiger partial charge is 0.335 e. The van der Waals surface area contributed by atoms with E-state index < -0.39 is 27.2 Å². The minimum absolute atomic E-state index is 0.00755. The van der Waals surface area contributed by atoms with Gasteiger partial charge in [0.25, 0.3) is 15.6 Å². The van der Waals surface area contributed by atoms with Crippen LogP contribution in [0.25, 0.3) is 5.69 Å². The summed E-state index contributed by atoms with van der Waals surface area (Å²) < 4.78 is 28.1. The summed E-state index contributed by atoms with van der Waals surface area (Å²) in [6.07, 6.45) is 2.55. The molecule has 168 valence electrons. The Bertz CT molecular complexity index is 1560. The number of rotatable bonds is 6. The van der Waals surface area contributed by atoms with Crippen molar-refractivity contribution >= 4 is 50.0 Å². The van der Waals surface area contributed by atoms with Crippen molar-refractivity contribution in [2.45, 2.75) is 4.90 Å². The average Bonchev–Trinajstić information content (AvgIpc) is 3.26. The van der Waals surface area contributed by atoms with Gasteiger partial charge in [-0.2, -0.15) is 0 Å². The number of nitrogens with one attached hydrogen (secondary N) is 2. The van der Waals surface area contributed by atoms with E-state index in [-0.39, 0.29) is 21.3 Å². The molecule has 0 radical (unpaired) electrons. The maximum atomic E-state index is 12.4. The summed E-state index contributed by atoms with van der Waals surface area (Å²) in [5.41, 5.74) is -1.40. The van der Waals surface area contributed by atoms with Crippen LogP contribution in [0, 0.1) is 0 Å². The lowest BCUT2D eigenvalue weighted by molar-refractivity contribution is 0.430. The molecule has 0 unspecified atom stereocenters. The van der Waals surface area contributed by atoms with Gasteiger partial charge in [0, 0.05) is 22.8 Å². The van der Waals surface area contributed by atoms with Crippen LogP contribution in [0.4, 0.5) is 10.8 Å². The van der Waals surface area contributed by atoms with Crippen LogP contribution in [0.5, 0.6) is 5.88 Å². The first-order valence-corrected chi connectivity index (χ1v) is 11.9. The number of aromatic nitrogens is 3. The van der Waals surface area contributed by atoms with Crippen molar-refractivity contribution in [2.75, 3.05) is 4.72 Å². The Hall–Kier alpha value is -3.74. The third-order valence-electron chi connectivity index (χ3n) is 4.33. The number of aromatic hydroxyl groups is 1. The molecule has 0 saturated carbocycles. The molecule has 0 aliphatic rings. The topological polar surface area (TPSA) is 147 Å². The summed E-state index contributed by atoms with van der Waals surface area (Å²) in [4.78, 5) is 34.6. The molecule has 0 fully saturated rings. The monoisotopic (exact) mass is 503 g/mol. The van der Waals surface area contributed by atoms with E-state index in [9.17, 15) is 23.1 Å². The molecule has 10 nitrogen and oxygen atoms in total. The summed E-state index contributed by atoms with van der Waals surface area (Å²) in [7, 11) is -3.82. The van der Waals surface area contributed by atoms with Gasteiger partial charge in [0.1, 0.15) is 5.56 Å². The van der Waals surface area contributed by atoms with Crippen LogP contribution in [0.3, 0.4) is 0 Å². The molecule has 4 aromatic rings. The summed E-state index contributed by atoms with van der Waals surface area (Å²) in [6, 6.07) is 11.7. The molecule has 3 N–H and O–H groups in total. The van der Waals surface area contributed by atoms with Gasteiger partial charge in [0.15, 0.2) is 5.13 Å². The lowest BCUT2D eigenvalue weighted by atomic mass is 10.3. The van der Waals surface area contributed by atoms with E-state index in [2.05, 4.69) is 19.7 Å².